The quantitative estimate of drug-likeness (QED) is 0.111. The Bertz CT molecular complexity index is 1180. The molecule has 37 heavy (non-hydrogen) atoms. The van der Waals surface area contributed by atoms with Crippen LogP contribution in [-0.2, 0) is 24.9 Å². The van der Waals surface area contributed by atoms with E-state index in [1.54, 1.807) is 0 Å². The molecule has 0 atom stereocenters. The number of fused-ring (bicyclic) bond motifs is 1. The van der Waals surface area contributed by atoms with Crippen molar-refractivity contribution in [1.29, 1.82) is 0 Å². The van der Waals surface area contributed by atoms with Crippen molar-refractivity contribution in [3.8, 4) is 11.3 Å². The zero-order valence-electron chi connectivity index (χ0n) is 24.0. The molecular weight excluding hydrogens is 651 g/mol. The van der Waals surface area contributed by atoms with Gasteiger partial charge in [0.25, 0.3) is 0 Å². The number of aliphatic hydroxyl groups is 1. The summed E-state index contributed by atoms with van der Waals surface area (Å²) in [4.78, 5) is 16.7. The zero-order valence-corrected chi connectivity index (χ0v) is 27.4. The van der Waals surface area contributed by atoms with Crippen molar-refractivity contribution in [2.75, 3.05) is 0 Å². The maximum Gasteiger partial charge on any atom is 0.137 e. The summed E-state index contributed by atoms with van der Waals surface area (Å²) >= 11 is 0. The zero-order chi connectivity index (χ0) is 27.0. The van der Waals surface area contributed by atoms with E-state index < -0.39 is 8.07 Å². The molecule has 5 heteroatoms. The molecule has 3 nitrogen and oxygen atoms in total. The Kier molecular flexibility index (Phi) is 13.1. The molecule has 2 aromatic carbocycles. The second kappa shape index (κ2) is 14.8. The Morgan fingerprint density at radius 2 is 1.62 bits per heavy atom. The predicted octanol–water partition coefficient (Wildman–Crippen LogP) is 9.14. The molecule has 0 spiro atoms. The second-order valence-electron chi connectivity index (χ2n) is 10.5. The first kappa shape index (κ1) is 33.0. The van der Waals surface area contributed by atoms with Crippen LogP contribution in [0.25, 0.3) is 22.0 Å². The molecule has 0 fully saturated rings. The van der Waals surface area contributed by atoms with Crippen molar-refractivity contribution in [3.63, 3.8) is 0 Å². The molecule has 1 aromatic heterocycles. The van der Waals surface area contributed by atoms with Crippen LogP contribution in [-0.4, -0.2) is 23.6 Å². The van der Waals surface area contributed by atoms with E-state index in [-0.39, 0.29) is 37.2 Å². The number of rotatable bonds is 8. The van der Waals surface area contributed by atoms with Crippen LogP contribution in [0.1, 0.15) is 71.1 Å². The maximum atomic E-state index is 12.1. The number of aryl methyl sites for hydroxylation is 2. The molecule has 3 aromatic rings. The van der Waals surface area contributed by atoms with Crippen molar-refractivity contribution >= 4 is 24.3 Å². The molecule has 3 rings (SSSR count). The molecule has 203 valence electrons. The number of benzene rings is 2. The number of nitrogens with zero attached hydrogens (tertiary/aromatic N) is 1. The van der Waals surface area contributed by atoms with Crippen LogP contribution in [0.15, 0.2) is 54.4 Å². The summed E-state index contributed by atoms with van der Waals surface area (Å²) in [6.45, 7) is 18.7. The first-order valence-electron chi connectivity index (χ1n) is 13.3. The maximum absolute atomic E-state index is 12.1. The first-order chi connectivity index (χ1) is 17.0. The third kappa shape index (κ3) is 8.46. The summed E-state index contributed by atoms with van der Waals surface area (Å²) in [5, 5.41) is 12.3. The average Bonchev–Trinajstić information content (AvgIpc) is 2.84. The minimum absolute atomic E-state index is 0. The molecule has 0 aliphatic carbocycles. The molecule has 0 saturated carbocycles. The van der Waals surface area contributed by atoms with Crippen molar-refractivity contribution < 1.29 is 30.0 Å². The number of hydrogen-bond acceptors (Lipinski definition) is 3. The number of carbonyl (C=O) groups excluding carboxylic acids is 1. The van der Waals surface area contributed by atoms with Crippen LogP contribution in [0.2, 0.25) is 18.1 Å². The summed E-state index contributed by atoms with van der Waals surface area (Å²) in [7, 11) is -1.80. The normalized spacial score (nSPS) is 11.8. The molecule has 1 heterocycles. The molecule has 0 bridgehead atoms. The number of hydrogen-bond donors (Lipinski definition) is 1. The molecule has 1 radical (unpaired) electrons. The van der Waals surface area contributed by atoms with Crippen molar-refractivity contribution in [2.45, 2.75) is 86.4 Å². The van der Waals surface area contributed by atoms with Crippen molar-refractivity contribution in [1.82, 2.24) is 4.98 Å². The van der Waals surface area contributed by atoms with Crippen LogP contribution < -0.4 is 0 Å². The van der Waals surface area contributed by atoms with Gasteiger partial charge in [0.1, 0.15) is 13.5 Å². The minimum Gasteiger partial charge on any atom is -0.512 e. The Labute approximate surface area is 239 Å². The van der Waals surface area contributed by atoms with Crippen molar-refractivity contribution in [2.24, 2.45) is 5.92 Å². The van der Waals surface area contributed by atoms with Gasteiger partial charge in [0.15, 0.2) is 0 Å². The fraction of sp³-hybridized carbons (Fsp3) is 0.438. The summed E-state index contributed by atoms with van der Waals surface area (Å²) in [5.74, 6) is 0.817. The summed E-state index contributed by atoms with van der Waals surface area (Å²) in [5.41, 5.74) is 5.87. The topological polar surface area (TPSA) is 50.2 Å². The number of aliphatic hydroxyl groups excluding tert-OH is 1. The standard InChI is InChI=1S/C20H20N.C12H24O2Si.Ir/c1-13(2)16-5-6-19-17(12-16)7-8-21-20(19)18-10-14(3)9-15(4)11-18;1-6-15(7-2,8-3)12(14)9-11(13)10(4)5;/h5-10,12-13H,1-4H3;9-10,13H,6-8H2,1-5H3;/q-1;;/b;11-9-;. The molecule has 1 N–H and O–H groups in total. The summed E-state index contributed by atoms with van der Waals surface area (Å²) < 4.78 is 0. The molecule has 0 unspecified atom stereocenters. The average molecular weight is 695 g/mol. The van der Waals surface area contributed by atoms with Crippen LogP contribution in [0.4, 0.5) is 0 Å². The number of aromatic nitrogens is 1. The van der Waals surface area contributed by atoms with Gasteiger partial charge in [-0.1, -0.05) is 98.6 Å². The van der Waals surface area contributed by atoms with Gasteiger partial charge in [0, 0.05) is 38.3 Å². The predicted molar refractivity (Wildman–Crippen MR) is 157 cm³/mol. The van der Waals surface area contributed by atoms with Crippen LogP contribution in [0.3, 0.4) is 0 Å². The van der Waals surface area contributed by atoms with Gasteiger partial charge in [-0.05, 0) is 34.0 Å². The van der Waals surface area contributed by atoms with Gasteiger partial charge in [-0.25, -0.2) is 0 Å². The summed E-state index contributed by atoms with van der Waals surface area (Å²) in [6, 6.07) is 19.4. The van der Waals surface area contributed by atoms with E-state index in [2.05, 4.69) is 95.9 Å². The summed E-state index contributed by atoms with van der Waals surface area (Å²) in [6.07, 6.45) is 3.38. The third-order valence-corrected chi connectivity index (χ3v) is 12.5. The van der Waals surface area contributed by atoms with Gasteiger partial charge in [0.05, 0.1) is 5.76 Å². The molecular formula is C32H44IrNO2Si-. The SMILES string of the molecule is CC[Si](CC)(CC)C(=O)/C=C(\O)C(C)C.Cc1[c-]c(-c2nccc3cc(C(C)C)ccc23)cc(C)c1.[Ir]. The molecule has 0 aliphatic heterocycles. The second-order valence-corrected chi connectivity index (χ2v) is 15.7. The molecule has 0 saturated heterocycles. The number of carbonyl (C=O) groups is 1. The van der Waals surface area contributed by atoms with Gasteiger partial charge < -0.3 is 14.9 Å². The smallest absolute Gasteiger partial charge is 0.137 e. The minimum atomic E-state index is -1.80. The van der Waals surface area contributed by atoms with Crippen LogP contribution in [0.5, 0.6) is 0 Å². The van der Waals surface area contributed by atoms with Gasteiger partial charge >= 0.3 is 0 Å². The van der Waals surface area contributed by atoms with Gasteiger partial charge in [-0.2, -0.15) is 0 Å². The number of pyridine rings is 1. The van der Waals surface area contributed by atoms with Gasteiger partial charge in [0.2, 0.25) is 0 Å². The van der Waals surface area contributed by atoms with Gasteiger partial charge in [-0.15, -0.1) is 34.9 Å². The van der Waals surface area contributed by atoms with E-state index in [4.69, 9.17) is 0 Å². The Morgan fingerprint density at radius 1 is 1.00 bits per heavy atom. The Balaban J connectivity index is 0.000000384. The monoisotopic (exact) mass is 695 g/mol. The molecule has 0 aliphatic rings. The fourth-order valence-electron chi connectivity index (χ4n) is 4.52. The van der Waals surface area contributed by atoms with Crippen LogP contribution >= 0.6 is 0 Å². The van der Waals surface area contributed by atoms with E-state index in [9.17, 15) is 9.90 Å². The van der Waals surface area contributed by atoms with Crippen LogP contribution in [0, 0.1) is 25.8 Å². The van der Waals surface area contributed by atoms with E-state index in [1.165, 1.54) is 28.0 Å². The van der Waals surface area contributed by atoms with Gasteiger partial charge in [-0.3, -0.25) is 0 Å². The fourth-order valence-corrected chi connectivity index (χ4v) is 7.52. The van der Waals surface area contributed by atoms with Crippen molar-refractivity contribution in [3.05, 3.63) is 77.2 Å². The Morgan fingerprint density at radius 3 is 2.14 bits per heavy atom. The van der Waals surface area contributed by atoms with E-state index >= 15 is 0 Å². The largest absolute Gasteiger partial charge is 0.512 e. The number of allylic oxidation sites excluding steroid dienone is 2. The van der Waals surface area contributed by atoms with E-state index in [0.717, 1.165) is 35.0 Å². The first-order valence-corrected chi connectivity index (χ1v) is 15.9. The third-order valence-electron chi connectivity index (χ3n) is 7.28. The van der Waals surface area contributed by atoms with E-state index in [0.29, 0.717) is 5.92 Å². The van der Waals surface area contributed by atoms with E-state index in [1.807, 2.05) is 20.0 Å². The Hall–Kier alpha value is -2.07. The molecule has 0 amide bonds.